The van der Waals surface area contributed by atoms with Crippen LogP contribution in [0, 0.1) is 46.7 Å². The van der Waals surface area contributed by atoms with E-state index in [4.69, 9.17) is 14.9 Å². The summed E-state index contributed by atoms with van der Waals surface area (Å²) >= 11 is -2.14. The van der Waals surface area contributed by atoms with Crippen LogP contribution in [0.25, 0.3) is 61.4 Å². The fourth-order valence-electron chi connectivity index (χ4n) is 7.02. The van der Waals surface area contributed by atoms with Gasteiger partial charge in [0.05, 0.1) is 22.4 Å². The van der Waals surface area contributed by atoms with Gasteiger partial charge in [-0.25, -0.2) is 4.98 Å². The molecule has 0 bridgehead atoms. The van der Waals surface area contributed by atoms with E-state index in [2.05, 4.69) is 101 Å². The van der Waals surface area contributed by atoms with Crippen LogP contribution < -0.4 is 4.40 Å². The second kappa shape index (κ2) is 15.2. The van der Waals surface area contributed by atoms with Gasteiger partial charge < -0.3 is 8.98 Å². The summed E-state index contributed by atoms with van der Waals surface area (Å²) in [7, 11) is 0. The molecule has 1 radical (unpaired) electrons. The van der Waals surface area contributed by atoms with Gasteiger partial charge >= 0.3 is 131 Å². The first kappa shape index (κ1) is 33.2. The van der Waals surface area contributed by atoms with Crippen LogP contribution in [-0.4, -0.2) is 32.8 Å². The van der Waals surface area contributed by atoms with Gasteiger partial charge in [-0.2, -0.15) is 0 Å². The molecule has 4 aromatic carbocycles. The summed E-state index contributed by atoms with van der Waals surface area (Å²) < 4.78 is 40.6. The van der Waals surface area contributed by atoms with Gasteiger partial charge in [0.15, 0.2) is 0 Å². The number of hydrogen-bond acceptors (Lipinski definition) is 4. The quantitative estimate of drug-likeness (QED) is 0.127. The van der Waals surface area contributed by atoms with Crippen LogP contribution in [0.15, 0.2) is 95.5 Å². The van der Waals surface area contributed by atoms with E-state index in [-0.39, 0.29) is 25.7 Å². The predicted octanol–water partition coefficient (Wildman–Crippen LogP) is 11.5. The fraction of sp³-hybridized carbons (Fsp3) is 0.239. The van der Waals surface area contributed by atoms with Gasteiger partial charge in [-0.3, -0.25) is 4.98 Å². The van der Waals surface area contributed by atoms with E-state index in [0.29, 0.717) is 5.71 Å². The average molecular weight is 940 g/mol. The van der Waals surface area contributed by atoms with Crippen LogP contribution in [0.4, 0.5) is 0 Å². The van der Waals surface area contributed by atoms with Gasteiger partial charge in [0.1, 0.15) is 0 Å². The molecule has 0 aliphatic carbocycles. The maximum atomic E-state index is 8.49. The van der Waals surface area contributed by atoms with E-state index < -0.39 is 26.0 Å². The Hall–Kier alpha value is -4.36. The molecule has 0 saturated heterocycles. The van der Waals surface area contributed by atoms with Crippen molar-refractivity contribution in [3.8, 4) is 28.3 Å². The van der Waals surface area contributed by atoms with E-state index in [1.165, 1.54) is 27.2 Å². The summed E-state index contributed by atoms with van der Waals surface area (Å²) in [6.07, 6.45) is 1.91. The topological polar surface area (TPSA) is 56.7 Å². The third-order valence-corrected chi connectivity index (χ3v) is 13.6. The normalized spacial score (nSPS) is 13.2. The van der Waals surface area contributed by atoms with Crippen molar-refractivity contribution in [2.45, 2.75) is 71.6 Å². The molecule has 5 nitrogen and oxygen atoms in total. The number of aryl methyl sites for hydroxylation is 5. The standard InChI is InChI=1S/C28H22N3O.C18H24GeN.Ir/c1-16-14-17(2)25(18(3)15-16)31-24-11-6-5-10-23(24)30-27(31)22-9-7-8-20-21-13-12-19(4)29-28(21)32-26(20)22;1-13(2)16-11-18(15-9-7-14(3)8-10-15)20-12-17(16)19(4,5)6;/h5-8,10-15H,1-4H3;7-9,11-13H,1-6H3;/q2*-1;/i;3D3,13D;. The molecule has 0 atom stereocenters. The molecule has 0 saturated carbocycles. The molecule has 0 N–H and O–H groups in total. The van der Waals surface area contributed by atoms with Crippen molar-refractivity contribution in [2.24, 2.45) is 0 Å². The Morgan fingerprint density at radius 1 is 0.849 bits per heavy atom. The Labute approximate surface area is 335 Å². The summed E-state index contributed by atoms with van der Waals surface area (Å²) in [5, 5.41) is 2.03. The smallest absolute Gasteiger partial charge is 0 e. The Bertz CT molecular complexity index is 2740. The minimum absolute atomic E-state index is 0. The second-order valence-corrected chi connectivity index (χ2v) is 25.4. The Morgan fingerprint density at radius 2 is 1.60 bits per heavy atom. The van der Waals surface area contributed by atoms with E-state index >= 15 is 0 Å². The van der Waals surface area contributed by atoms with E-state index in [0.717, 1.165) is 67.0 Å². The molecule has 4 aromatic heterocycles. The van der Waals surface area contributed by atoms with Gasteiger partial charge in [0.25, 0.3) is 0 Å². The zero-order valence-electron chi connectivity index (χ0n) is 35.7. The number of para-hydroxylation sites is 2. The molecule has 0 aliphatic rings. The Kier molecular flexibility index (Phi) is 9.51. The number of benzene rings is 4. The van der Waals surface area contributed by atoms with Gasteiger partial charge in [0, 0.05) is 36.9 Å². The zero-order valence-corrected chi connectivity index (χ0v) is 36.2. The molecule has 0 fully saturated rings. The Morgan fingerprint density at radius 3 is 2.28 bits per heavy atom. The number of fused-ring (bicyclic) bond motifs is 4. The second-order valence-electron chi connectivity index (χ2n) is 14.9. The van der Waals surface area contributed by atoms with Crippen LogP contribution in [0.3, 0.4) is 0 Å². The molecule has 0 amide bonds. The molecular formula is C46H46GeIrN4O-2. The molecule has 271 valence electrons. The van der Waals surface area contributed by atoms with Crippen molar-refractivity contribution in [3.05, 3.63) is 137 Å². The molecule has 8 aromatic rings. The summed E-state index contributed by atoms with van der Waals surface area (Å²) in [5.41, 5.74) is 12.8. The number of pyridine rings is 2. The molecular weight excluding hydrogens is 889 g/mol. The SMILES string of the molecule is Cc1cc(C)c(-n2c(-c3[c-]ccc4c3oc3nc(C)ccc34)nc3ccccc32)c(C)c1.[2H]C([2H])([2H])c1c[c-]c(-c2cc(C([2H])(C)C)[c]([Ge]([CH3])([CH3])[CH3])cn2)cc1.[Ir]. The van der Waals surface area contributed by atoms with E-state index in [1.807, 2.05) is 57.3 Å². The van der Waals surface area contributed by atoms with Crippen LogP contribution in [0.2, 0.25) is 17.3 Å². The number of rotatable bonds is 5. The van der Waals surface area contributed by atoms with Crippen molar-refractivity contribution < 1.29 is 30.0 Å². The third kappa shape index (κ3) is 7.55. The molecule has 53 heavy (non-hydrogen) atoms. The molecule has 4 heterocycles. The average Bonchev–Trinajstić information content (AvgIpc) is 3.68. The van der Waals surface area contributed by atoms with Crippen LogP contribution >= 0.6 is 0 Å². The number of hydrogen-bond donors (Lipinski definition) is 0. The van der Waals surface area contributed by atoms with E-state index in [9.17, 15) is 0 Å². The summed E-state index contributed by atoms with van der Waals surface area (Å²) in [6.45, 7) is 10.1. The van der Waals surface area contributed by atoms with Crippen molar-refractivity contribution in [3.63, 3.8) is 0 Å². The molecule has 0 spiro atoms. The molecule has 7 heteroatoms. The molecule has 8 rings (SSSR count). The Balaban J connectivity index is 0.000000198. The summed E-state index contributed by atoms with van der Waals surface area (Å²) in [5.74, 6) is 7.00. The monoisotopic (exact) mass is 941 g/mol. The minimum atomic E-state index is -2.14. The largest absolute Gasteiger partial charge is 0 e. The summed E-state index contributed by atoms with van der Waals surface area (Å²) in [6, 6.07) is 34.0. The van der Waals surface area contributed by atoms with Crippen LogP contribution in [-0.2, 0) is 20.1 Å². The van der Waals surface area contributed by atoms with Crippen LogP contribution in [0.5, 0.6) is 0 Å². The van der Waals surface area contributed by atoms with E-state index in [1.54, 1.807) is 12.1 Å². The van der Waals surface area contributed by atoms with Crippen molar-refractivity contribution in [2.75, 3.05) is 0 Å². The summed E-state index contributed by atoms with van der Waals surface area (Å²) in [4.78, 5) is 14.2. The first-order valence-corrected chi connectivity index (χ1v) is 25.0. The fourth-order valence-corrected chi connectivity index (χ4v) is 10.3. The molecule has 0 unspecified atom stereocenters. The number of nitrogens with zero attached hydrogens (tertiary/aromatic N) is 4. The molecule has 0 aliphatic heterocycles. The number of furan rings is 1. The first-order chi connectivity index (χ1) is 26.3. The van der Waals surface area contributed by atoms with Gasteiger partial charge in [-0.15, -0.1) is 18.2 Å². The number of imidazole rings is 1. The maximum absolute atomic E-state index is 8.49. The van der Waals surface area contributed by atoms with Gasteiger partial charge in [-0.05, 0) is 63.1 Å². The van der Waals surface area contributed by atoms with Crippen LogP contribution in [0.1, 0.15) is 58.7 Å². The first-order valence-electron chi connectivity index (χ1n) is 19.6. The zero-order chi connectivity index (χ0) is 40.3. The minimum Gasteiger partial charge on any atom is 0 e. The number of aromatic nitrogens is 4. The van der Waals surface area contributed by atoms with Crippen molar-refractivity contribution in [1.29, 1.82) is 0 Å². The van der Waals surface area contributed by atoms with Crippen molar-refractivity contribution >= 4 is 50.8 Å². The third-order valence-electron chi connectivity index (χ3n) is 9.42. The maximum Gasteiger partial charge on any atom is 0 e. The predicted molar refractivity (Wildman–Crippen MR) is 220 cm³/mol. The van der Waals surface area contributed by atoms with Crippen molar-refractivity contribution in [1.82, 2.24) is 19.5 Å². The van der Waals surface area contributed by atoms with Gasteiger partial charge in [0.2, 0.25) is 5.71 Å². The van der Waals surface area contributed by atoms with Gasteiger partial charge in [-0.1, -0.05) is 40.8 Å².